The first-order valence-corrected chi connectivity index (χ1v) is 7.49. The third kappa shape index (κ3) is 2.93. The highest BCUT2D eigenvalue weighted by Crippen LogP contribution is 2.14. The molecule has 1 aromatic rings. The van der Waals surface area contributed by atoms with Crippen molar-refractivity contribution in [2.45, 2.75) is 0 Å². The molecule has 0 radical (unpaired) electrons. The zero-order valence-corrected chi connectivity index (χ0v) is 14.7. The Kier molecular flexibility index (Phi) is 4.81. The largest absolute Gasteiger partial charge is 0.494 e. The maximum Gasteiger partial charge on any atom is 0.265 e. The average Bonchev–Trinajstić information content (AvgIpc) is 2.55. The Balaban J connectivity index is 2.45. The molecule has 2 heterocycles. The monoisotopic (exact) mass is 366 g/mol. The number of aromatic hydroxyl groups is 1. The van der Waals surface area contributed by atoms with Crippen LogP contribution in [0.2, 0.25) is 0 Å². The Hall–Kier alpha value is -2.59. The second-order valence-corrected chi connectivity index (χ2v) is 5.76. The minimum Gasteiger partial charge on any atom is -0.494 e. The summed E-state index contributed by atoms with van der Waals surface area (Å²) in [4.78, 5) is 37.1. The third-order valence-corrected chi connectivity index (χ3v) is 4.42. The van der Waals surface area contributed by atoms with Crippen LogP contribution in [0.25, 0.3) is 6.08 Å². The number of nitrogens with one attached hydrogen (secondary N) is 1. The lowest BCUT2D eigenvalue weighted by Crippen LogP contribution is -2.52. The maximum atomic E-state index is 12.1. The number of carbonyl (C=O) groups excluding carboxylic acids is 2. The SMILES string of the molecule is CN1C(=O)/C(=C/C=C/c2c(O)n(C)c(=S)n(C)c2=O)C(=O)NC1=S. The fourth-order valence-electron chi connectivity index (χ4n) is 2.01. The highest BCUT2D eigenvalue weighted by atomic mass is 32.1. The molecule has 1 aliphatic heterocycles. The van der Waals surface area contributed by atoms with Crippen molar-refractivity contribution in [2.24, 2.45) is 14.1 Å². The average molecular weight is 366 g/mol. The number of thiocarbonyl (C=S) groups is 1. The van der Waals surface area contributed by atoms with Crippen molar-refractivity contribution in [3.05, 3.63) is 38.4 Å². The van der Waals surface area contributed by atoms with Gasteiger partial charge in [-0.15, -0.1) is 0 Å². The van der Waals surface area contributed by atoms with E-state index in [2.05, 4.69) is 5.32 Å². The van der Waals surface area contributed by atoms with Gasteiger partial charge in [-0.3, -0.25) is 33.7 Å². The third-order valence-electron chi connectivity index (χ3n) is 3.50. The van der Waals surface area contributed by atoms with Gasteiger partial charge in [0.15, 0.2) is 9.88 Å². The molecule has 1 saturated heterocycles. The number of amides is 2. The first-order valence-electron chi connectivity index (χ1n) is 6.67. The maximum absolute atomic E-state index is 12.1. The summed E-state index contributed by atoms with van der Waals surface area (Å²) in [5, 5.41) is 12.4. The topological polar surface area (TPSA) is 96.6 Å². The molecule has 8 nitrogen and oxygen atoms in total. The van der Waals surface area contributed by atoms with E-state index in [1.807, 2.05) is 0 Å². The van der Waals surface area contributed by atoms with Gasteiger partial charge in [-0.1, -0.05) is 6.08 Å². The number of hydrogen-bond acceptors (Lipinski definition) is 6. The second-order valence-electron chi connectivity index (χ2n) is 5.01. The molecule has 1 aromatic heterocycles. The summed E-state index contributed by atoms with van der Waals surface area (Å²) in [5.41, 5.74) is -0.649. The van der Waals surface area contributed by atoms with Crippen LogP contribution in [-0.2, 0) is 23.7 Å². The standard InChI is InChI=1S/C14H14N4O4S2/c1-16-10(20)7(9(19)15-13(16)23)5-4-6-8-11(21)17(2)14(24)18(3)12(8)22/h4-6,21H,1-3H3,(H,15,19,23)/b6-4+,7-5+. The van der Waals surface area contributed by atoms with Gasteiger partial charge in [0, 0.05) is 21.1 Å². The van der Waals surface area contributed by atoms with Gasteiger partial charge in [-0.2, -0.15) is 0 Å². The minimum atomic E-state index is -0.628. The molecule has 1 aliphatic rings. The Bertz CT molecular complexity index is 939. The zero-order chi connectivity index (χ0) is 18.2. The molecule has 0 aliphatic carbocycles. The summed E-state index contributed by atoms with van der Waals surface area (Å²) >= 11 is 9.85. The molecule has 0 spiro atoms. The molecule has 2 rings (SSSR count). The summed E-state index contributed by atoms with van der Waals surface area (Å²) < 4.78 is 2.63. The van der Waals surface area contributed by atoms with Gasteiger partial charge in [-0.05, 0) is 36.6 Å². The normalized spacial score (nSPS) is 17.0. The van der Waals surface area contributed by atoms with E-state index in [-0.39, 0.29) is 26.9 Å². The van der Waals surface area contributed by atoms with Gasteiger partial charge >= 0.3 is 0 Å². The van der Waals surface area contributed by atoms with E-state index >= 15 is 0 Å². The number of carbonyl (C=O) groups is 2. The van der Waals surface area contributed by atoms with Crippen molar-refractivity contribution >= 4 is 47.4 Å². The summed E-state index contributed by atoms with van der Waals surface area (Å²) in [5.74, 6) is -1.50. The number of rotatable bonds is 2. The molecule has 0 bridgehead atoms. The Morgan fingerprint density at radius 3 is 2.33 bits per heavy atom. The van der Waals surface area contributed by atoms with Crippen molar-refractivity contribution in [3.63, 3.8) is 0 Å². The molecule has 24 heavy (non-hydrogen) atoms. The molecular weight excluding hydrogens is 352 g/mol. The van der Waals surface area contributed by atoms with Gasteiger partial charge in [0.05, 0.1) is 0 Å². The van der Waals surface area contributed by atoms with E-state index in [0.717, 1.165) is 4.90 Å². The van der Waals surface area contributed by atoms with Crippen LogP contribution in [0.4, 0.5) is 0 Å². The van der Waals surface area contributed by atoms with E-state index < -0.39 is 17.4 Å². The van der Waals surface area contributed by atoms with Crippen LogP contribution in [-0.4, -0.2) is 43.1 Å². The van der Waals surface area contributed by atoms with E-state index in [1.54, 1.807) is 0 Å². The van der Waals surface area contributed by atoms with Crippen molar-refractivity contribution in [2.75, 3.05) is 7.05 Å². The van der Waals surface area contributed by atoms with E-state index in [0.29, 0.717) is 0 Å². The molecule has 2 N–H and O–H groups in total. The van der Waals surface area contributed by atoms with E-state index in [1.165, 1.54) is 48.5 Å². The minimum absolute atomic E-state index is 0.0157. The highest BCUT2D eigenvalue weighted by molar-refractivity contribution is 7.80. The van der Waals surface area contributed by atoms with Crippen LogP contribution in [0.3, 0.4) is 0 Å². The first kappa shape index (κ1) is 17.8. The lowest BCUT2D eigenvalue weighted by molar-refractivity contribution is -0.128. The Morgan fingerprint density at radius 2 is 1.71 bits per heavy atom. The fraction of sp³-hybridized carbons (Fsp3) is 0.214. The van der Waals surface area contributed by atoms with Gasteiger partial charge in [-0.25, -0.2) is 0 Å². The number of allylic oxidation sites excluding steroid dienone is 2. The van der Waals surface area contributed by atoms with Gasteiger partial charge in [0.2, 0.25) is 5.88 Å². The predicted molar refractivity (Wildman–Crippen MR) is 93.8 cm³/mol. The van der Waals surface area contributed by atoms with Gasteiger partial charge in [0.25, 0.3) is 17.4 Å². The van der Waals surface area contributed by atoms with Gasteiger partial charge < -0.3 is 5.11 Å². The number of aromatic nitrogens is 2. The molecule has 0 saturated carbocycles. The predicted octanol–water partition coefficient (Wildman–Crippen LogP) is -0.0284. The highest BCUT2D eigenvalue weighted by Gasteiger charge is 2.30. The van der Waals surface area contributed by atoms with E-state index in [9.17, 15) is 19.5 Å². The van der Waals surface area contributed by atoms with Crippen LogP contribution in [0.1, 0.15) is 5.56 Å². The number of hydrogen-bond donors (Lipinski definition) is 2. The van der Waals surface area contributed by atoms with Crippen LogP contribution in [0.15, 0.2) is 22.5 Å². The Labute approximate surface area is 147 Å². The molecule has 2 amide bonds. The van der Waals surface area contributed by atoms with Crippen molar-refractivity contribution in [1.29, 1.82) is 0 Å². The molecule has 0 atom stereocenters. The van der Waals surface area contributed by atoms with Gasteiger partial charge in [0.1, 0.15) is 11.1 Å². The summed E-state index contributed by atoms with van der Waals surface area (Å²) in [6, 6.07) is 0. The lowest BCUT2D eigenvalue weighted by Gasteiger charge is -2.24. The Morgan fingerprint density at radius 1 is 1.08 bits per heavy atom. The van der Waals surface area contributed by atoms with Crippen LogP contribution < -0.4 is 10.9 Å². The summed E-state index contributed by atoms with van der Waals surface area (Å²) in [6.45, 7) is 0. The molecule has 10 heteroatoms. The van der Waals surface area contributed by atoms with Crippen molar-refractivity contribution in [1.82, 2.24) is 19.4 Å². The lowest BCUT2D eigenvalue weighted by atomic mass is 10.1. The second kappa shape index (κ2) is 6.49. The summed E-state index contributed by atoms with van der Waals surface area (Å²) in [6.07, 6.45) is 3.87. The van der Waals surface area contributed by atoms with Crippen molar-refractivity contribution in [3.8, 4) is 5.88 Å². The van der Waals surface area contributed by atoms with E-state index in [4.69, 9.17) is 24.4 Å². The zero-order valence-electron chi connectivity index (χ0n) is 13.1. The molecular formula is C14H14N4O4S2. The van der Waals surface area contributed by atoms with Crippen LogP contribution >= 0.6 is 24.4 Å². The smallest absolute Gasteiger partial charge is 0.265 e. The quantitative estimate of drug-likeness (QED) is 0.434. The number of likely N-dealkylation sites (N-methyl/N-ethyl adjacent to an activating group) is 1. The number of nitrogens with zero attached hydrogens (tertiary/aromatic N) is 3. The van der Waals surface area contributed by atoms with Crippen LogP contribution in [0, 0.1) is 4.77 Å². The van der Waals surface area contributed by atoms with Crippen LogP contribution in [0.5, 0.6) is 5.88 Å². The molecule has 1 fully saturated rings. The molecule has 126 valence electrons. The molecule has 0 aromatic carbocycles. The van der Waals surface area contributed by atoms with Crippen molar-refractivity contribution < 1.29 is 14.7 Å². The summed E-state index contributed by atoms with van der Waals surface area (Å²) in [7, 11) is 4.43. The fourth-order valence-corrected chi connectivity index (χ4v) is 2.36. The molecule has 0 unspecified atom stereocenters. The first-order chi connectivity index (χ1) is 11.2.